The summed E-state index contributed by atoms with van der Waals surface area (Å²) in [5.74, 6) is 0.713. The molecule has 100 valence electrons. The molecule has 2 rings (SSSR count). The van der Waals surface area contributed by atoms with Crippen LogP contribution >= 0.6 is 0 Å². The Morgan fingerprint density at radius 1 is 1.22 bits per heavy atom. The van der Waals surface area contributed by atoms with E-state index in [-0.39, 0.29) is 0 Å². The van der Waals surface area contributed by atoms with Crippen LogP contribution in [0.4, 0.5) is 0 Å². The van der Waals surface area contributed by atoms with Gasteiger partial charge in [-0.3, -0.25) is 4.98 Å². The fourth-order valence-corrected chi connectivity index (χ4v) is 3.69. The van der Waals surface area contributed by atoms with Gasteiger partial charge >= 0.3 is 0 Å². The van der Waals surface area contributed by atoms with Crippen LogP contribution in [0.5, 0.6) is 0 Å². The fourth-order valence-electron chi connectivity index (χ4n) is 3.69. The summed E-state index contributed by atoms with van der Waals surface area (Å²) < 4.78 is 0. The second kappa shape index (κ2) is 5.83. The van der Waals surface area contributed by atoms with E-state index >= 15 is 0 Å². The number of hydrogen-bond donors (Lipinski definition) is 1. The second-order valence-corrected chi connectivity index (χ2v) is 5.52. The summed E-state index contributed by atoms with van der Waals surface area (Å²) in [6, 6.07) is 5.09. The maximum Gasteiger partial charge on any atom is 0.0270 e. The number of aromatic nitrogens is 1. The van der Waals surface area contributed by atoms with Crippen molar-refractivity contribution >= 4 is 0 Å². The fraction of sp³-hybridized carbons (Fsp3) is 0.688. The average molecular weight is 246 g/mol. The lowest BCUT2D eigenvalue weighted by atomic mass is 9.52. The van der Waals surface area contributed by atoms with Gasteiger partial charge in [0.1, 0.15) is 0 Å². The van der Waals surface area contributed by atoms with E-state index in [9.17, 15) is 0 Å². The van der Waals surface area contributed by atoms with Gasteiger partial charge in [-0.2, -0.15) is 0 Å². The first-order valence-corrected chi connectivity index (χ1v) is 7.41. The molecule has 0 aromatic carbocycles. The normalized spacial score (nSPS) is 25.7. The van der Waals surface area contributed by atoms with Gasteiger partial charge in [0.2, 0.25) is 0 Å². The maximum atomic E-state index is 4.14. The monoisotopic (exact) mass is 246 g/mol. The Kier molecular flexibility index (Phi) is 4.39. The van der Waals surface area contributed by atoms with Gasteiger partial charge in [0.25, 0.3) is 0 Å². The minimum absolute atomic E-state index is 0.455. The zero-order chi connectivity index (χ0) is 13.0. The highest BCUT2D eigenvalue weighted by Crippen LogP contribution is 2.57. The van der Waals surface area contributed by atoms with E-state index in [2.05, 4.69) is 43.2 Å². The van der Waals surface area contributed by atoms with Crippen molar-refractivity contribution in [3.8, 4) is 0 Å². The van der Waals surface area contributed by atoms with Crippen molar-refractivity contribution in [2.45, 2.75) is 58.4 Å². The van der Waals surface area contributed by atoms with Gasteiger partial charge < -0.3 is 5.32 Å². The van der Waals surface area contributed by atoms with Gasteiger partial charge in [-0.25, -0.2) is 0 Å². The molecule has 0 bridgehead atoms. The van der Waals surface area contributed by atoms with E-state index in [4.69, 9.17) is 0 Å². The Balaban J connectivity index is 2.14. The summed E-state index contributed by atoms with van der Waals surface area (Å²) in [4.78, 5) is 4.14. The van der Waals surface area contributed by atoms with Crippen molar-refractivity contribution in [3.05, 3.63) is 30.1 Å². The molecule has 1 aliphatic rings. The highest BCUT2D eigenvalue weighted by atomic mass is 15.0. The molecule has 1 aromatic heterocycles. The van der Waals surface area contributed by atoms with Crippen LogP contribution in [0.3, 0.4) is 0 Å². The summed E-state index contributed by atoms with van der Waals surface area (Å²) in [5.41, 5.74) is 1.93. The van der Waals surface area contributed by atoms with Gasteiger partial charge in [-0.15, -0.1) is 0 Å². The van der Waals surface area contributed by atoms with E-state index < -0.39 is 0 Å². The molecule has 2 unspecified atom stereocenters. The summed E-state index contributed by atoms with van der Waals surface area (Å²) in [6.07, 6.45) is 8.89. The SMILES string of the molecule is CCCNC1CC(c2ccncc2)C1(CC)CC. The molecule has 18 heavy (non-hydrogen) atoms. The second-order valence-electron chi connectivity index (χ2n) is 5.52. The van der Waals surface area contributed by atoms with Crippen LogP contribution in [0.1, 0.15) is 57.9 Å². The van der Waals surface area contributed by atoms with E-state index in [1.807, 2.05) is 12.4 Å². The molecular formula is C16H26N2. The average Bonchev–Trinajstić information content (AvgIpc) is 2.40. The van der Waals surface area contributed by atoms with Gasteiger partial charge in [-0.05, 0) is 61.3 Å². The van der Waals surface area contributed by atoms with Crippen molar-refractivity contribution < 1.29 is 0 Å². The zero-order valence-corrected chi connectivity index (χ0v) is 11.9. The lowest BCUT2D eigenvalue weighted by Gasteiger charge is -2.57. The third kappa shape index (κ3) is 2.18. The van der Waals surface area contributed by atoms with Crippen molar-refractivity contribution in [2.24, 2.45) is 5.41 Å². The molecule has 0 amide bonds. The first kappa shape index (κ1) is 13.5. The number of nitrogens with zero attached hydrogens (tertiary/aromatic N) is 1. The van der Waals surface area contributed by atoms with Gasteiger partial charge in [-0.1, -0.05) is 20.8 Å². The first-order chi connectivity index (χ1) is 8.78. The van der Waals surface area contributed by atoms with Gasteiger partial charge in [0.15, 0.2) is 0 Å². The third-order valence-corrected chi connectivity index (χ3v) is 4.93. The Morgan fingerprint density at radius 3 is 2.44 bits per heavy atom. The molecule has 2 nitrogen and oxygen atoms in total. The van der Waals surface area contributed by atoms with Gasteiger partial charge in [0.05, 0.1) is 0 Å². The summed E-state index contributed by atoms with van der Waals surface area (Å²) in [5, 5.41) is 3.75. The number of rotatable bonds is 6. The number of hydrogen-bond acceptors (Lipinski definition) is 2. The van der Waals surface area contributed by atoms with Crippen LogP contribution in [0.15, 0.2) is 24.5 Å². The van der Waals surface area contributed by atoms with Crippen molar-refractivity contribution in [1.82, 2.24) is 10.3 Å². The van der Waals surface area contributed by atoms with Crippen LogP contribution in [0.25, 0.3) is 0 Å². The zero-order valence-electron chi connectivity index (χ0n) is 11.9. The summed E-state index contributed by atoms with van der Waals surface area (Å²) >= 11 is 0. The summed E-state index contributed by atoms with van der Waals surface area (Å²) in [7, 11) is 0. The summed E-state index contributed by atoms with van der Waals surface area (Å²) in [6.45, 7) is 8.08. The number of pyridine rings is 1. The Bertz CT molecular complexity index is 357. The van der Waals surface area contributed by atoms with Crippen molar-refractivity contribution in [2.75, 3.05) is 6.54 Å². The molecule has 1 aliphatic carbocycles. The Morgan fingerprint density at radius 2 is 1.89 bits per heavy atom. The smallest absolute Gasteiger partial charge is 0.0270 e. The Hall–Kier alpha value is -0.890. The molecule has 2 atom stereocenters. The van der Waals surface area contributed by atoms with E-state index in [1.54, 1.807) is 0 Å². The van der Waals surface area contributed by atoms with E-state index in [0.29, 0.717) is 17.4 Å². The van der Waals surface area contributed by atoms with E-state index in [1.165, 1.54) is 31.2 Å². The lowest BCUT2D eigenvalue weighted by Crippen LogP contribution is -2.58. The molecule has 1 saturated carbocycles. The minimum atomic E-state index is 0.455. The highest BCUT2D eigenvalue weighted by molar-refractivity contribution is 5.26. The molecule has 1 N–H and O–H groups in total. The predicted molar refractivity (Wildman–Crippen MR) is 76.7 cm³/mol. The largest absolute Gasteiger partial charge is 0.313 e. The van der Waals surface area contributed by atoms with Crippen molar-refractivity contribution in [1.29, 1.82) is 0 Å². The molecule has 1 fully saturated rings. The van der Waals surface area contributed by atoms with Crippen LogP contribution in [-0.2, 0) is 0 Å². The maximum absolute atomic E-state index is 4.14. The molecule has 1 aromatic rings. The predicted octanol–water partition coefficient (Wildman–Crippen LogP) is 3.74. The molecule has 0 spiro atoms. The molecule has 1 heterocycles. The third-order valence-electron chi connectivity index (χ3n) is 4.93. The quantitative estimate of drug-likeness (QED) is 0.827. The minimum Gasteiger partial charge on any atom is -0.313 e. The molecule has 2 heteroatoms. The van der Waals surface area contributed by atoms with Crippen LogP contribution in [0, 0.1) is 5.41 Å². The molecule has 0 radical (unpaired) electrons. The molecular weight excluding hydrogens is 220 g/mol. The lowest BCUT2D eigenvalue weighted by molar-refractivity contribution is 0.0201. The standard InChI is InChI=1S/C16H26N2/c1-4-9-18-15-12-14(16(15,5-2)6-3)13-7-10-17-11-8-13/h7-8,10-11,14-15,18H,4-6,9,12H2,1-3H3. The Labute approximate surface area is 111 Å². The van der Waals surface area contributed by atoms with Crippen LogP contribution < -0.4 is 5.32 Å². The van der Waals surface area contributed by atoms with Crippen LogP contribution in [-0.4, -0.2) is 17.6 Å². The highest BCUT2D eigenvalue weighted by Gasteiger charge is 2.52. The molecule has 0 aliphatic heterocycles. The van der Waals surface area contributed by atoms with Crippen LogP contribution in [0.2, 0.25) is 0 Å². The van der Waals surface area contributed by atoms with Crippen molar-refractivity contribution in [3.63, 3.8) is 0 Å². The van der Waals surface area contributed by atoms with Gasteiger partial charge in [0, 0.05) is 18.4 Å². The topological polar surface area (TPSA) is 24.9 Å². The van der Waals surface area contributed by atoms with E-state index in [0.717, 1.165) is 6.54 Å². The molecule has 0 saturated heterocycles. The number of nitrogens with one attached hydrogen (secondary N) is 1. The first-order valence-electron chi connectivity index (χ1n) is 7.41.